The van der Waals surface area contributed by atoms with Crippen LogP contribution in [0, 0.1) is 0 Å². The van der Waals surface area contributed by atoms with Crippen molar-refractivity contribution in [2.75, 3.05) is 40.2 Å². The molecular weight excluding hydrogens is 378 g/mol. The lowest BCUT2D eigenvalue weighted by atomic mass is 10.1. The summed E-state index contributed by atoms with van der Waals surface area (Å²) in [4.78, 5) is 14.5. The fraction of sp³-hybridized carbons (Fsp3) is 0.381. The Morgan fingerprint density at radius 1 is 1.18 bits per heavy atom. The van der Waals surface area contributed by atoms with Crippen LogP contribution in [0.3, 0.4) is 0 Å². The molecule has 3 rings (SSSR count). The molecular formula is C21H25NO5S. The summed E-state index contributed by atoms with van der Waals surface area (Å²) in [6, 6.07) is 7.54. The zero-order valence-corrected chi connectivity index (χ0v) is 17.2. The SMILES string of the molecule is COc1cc(/C=C/C(=O)N2CCSC(c3ccco3)CC2)cc(OC)c1OC. The normalized spacial score (nSPS) is 17.4. The Morgan fingerprint density at radius 3 is 2.54 bits per heavy atom. The molecule has 0 saturated carbocycles. The highest BCUT2D eigenvalue weighted by Crippen LogP contribution is 2.38. The molecule has 0 N–H and O–H groups in total. The van der Waals surface area contributed by atoms with Crippen LogP contribution in [0.4, 0.5) is 0 Å². The monoisotopic (exact) mass is 403 g/mol. The molecule has 2 heterocycles. The highest BCUT2D eigenvalue weighted by molar-refractivity contribution is 7.99. The van der Waals surface area contributed by atoms with Crippen LogP contribution in [0.2, 0.25) is 0 Å². The number of carbonyl (C=O) groups is 1. The number of amides is 1. The Balaban J connectivity index is 1.68. The minimum atomic E-state index is -0.00514. The molecule has 7 heteroatoms. The highest BCUT2D eigenvalue weighted by atomic mass is 32.2. The maximum absolute atomic E-state index is 12.7. The van der Waals surface area contributed by atoms with Crippen LogP contribution < -0.4 is 14.2 Å². The van der Waals surface area contributed by atoms with E-state index in [0.29, 0.717) is 29.0 Å². The summed E-state index contributed by atoms with van der Waals surface area (Å²) in [6.45, 7) is 1.43. The summed E-state index contributed by atoms with van der Waals surface area (Å²) < 4.78 is 21.6. The van der Waals surface area contributed by atoms with Gasteiger partial charge in [0.25, 0.3) is 0 Å². The number of ether oxygens (including phenoxy) is 3. The first kappa shape index (κ1) is 20.2. The molecule has 1 saturated heterocycles. The minimum Gasteiger partial charge on any atom is -0.493 e. The quantitative estimate of drug-likeness (QED) is 0.679. The van der Waals surface area contributed by atoms with Gasteiger partial charge in [-0.15, -0.1) is 11.8 Å². The predicted molar refractivity (Wildman–Crippen MR) is 110 cm³/mol. The number of rotatable bonds is 6. The summed E-state index contributed by atoms with van der Waals surface area (Å²) in [5, 5.41) is 0.298. The number of thioether (sulfide) groups is 1. The maximum atomic E-state index is 12.7. The van der Waals surface area contributed by atoms with Crippen molar-refractivity contribution in [3.63, 3.8) is 0 Å². The molecule has 1 unspecified atom stereocenters. The van der Waals surface area contributed by atoms with Gasteiger partial charge in [0, 0.05) is 24.9 Å². The number of carbonyl (C=O) groups excluding carboxylic acids is 1. The van der Waals surface area contributed by atoms with Crippen LogP contribution in [0.1, 0.15) is 23.0 Å². The lowest BCUT2D eigenvalue weighted by Gasteiger charge is -2.18. The number of hydrogen-bond donors (Lipinski definition) is 0. The van der Waals surface area contributed by atoms with Gasteiger partial charge in [0.2, 0.25) is 11.7 Å². The third-order valence-electron chi connectivity index (χ3n) is 4.62. The van der Waals surface area contributed by atoms with Crippen molar-refractivity contribution in [2.24, 2.45) is 0 Å². The lowest BCUT2D eigenvalue weighted by Crippen LogP contribution is -2.31. The van der Waals surface area contributed by atoms with Gasteiger partial charge in [-0.2, -0.15) is 0 Å². The molecule has 1 aromatic heterocycles. The molecule has 0 aliphatic carbocycles. The van der Waals surface area contributed by atoms with E-state index >= 15 is 0 Å². The average molecular weight is 404 g/mol. The average Bonchev–Trinajstić information content (AvgIpc) is 3.15. The molecule has 1 fully saturated rings. The van der Waals surface area contributed by atoms with Crippen molar-refractivity contribution in [1.29, 1.82) is 0 Å². The van der Waals surface area contributed by atoms with E-state index in [2.05, 4.69) is 0 Å². The molecule has 1 aromatic carbocycles. The van der Waals surface area contributed by atoms with Crippen molar-refractivity contribution < 1.29 is 23.4 Å². The van der Waals surface area contributed by atoms with Gasteiger partial charge in [0.05, 0.1) is 32.8 Å². The van der Waals surface area contributed by atoms with E-state index in [1.165, 1.54) is 0 Å². The van der Waals surface area contributed by atoms with Crippen molar-refractivity contribution >= 4 is 23.7 Å². The van der Waals surface area contributed by atoms with Crippen LogP contribution in [-0.2, 0) is 4.79 Å². The van der Waals surface area contributed by atoms with E-state index in [9.17, 15) is 4.79 Å². The number of furan rings is 1. The van der Waals surface area contributed by atoms with Crippen LogP contribution in [0.25, 0.3) is 6.08 Å². The standard InChI is InChI=1S/C21H25NO5S/c1-24-17-13-15(14-18(25-2)21(17)26-3)6-7-20(23)22-9-8-19(28-12-10-22)16-5-4-11-27-16/h4-7,11,13-14,19H,8-10,12H2,1-3H3/b7-6+. The van der Waals surface area contributed by atoms with E-state index in [-0.39, 0.29) is 5.91 Å². The van der Waals surface area contributed by atoms with Gasteiger partial charge in [-0.3, -0.25) is 4.79 Å². The van der Waals surface area contributed by atoms with E-state index < -0.39 is 0 Å². The largest absolute Gasteiger partial charge is 0.493 e. The second-order valence-electron chi connectivity index (χ2n) is 6.28. The number of methoxy groups -OCH3 is 3. The Labute approximate surface area is 169 Å². The molecule has 0 radical (unpaired) electrons. The van der Waals surface area contributed by atoms with E-state index in [1.807, 2.05) is 40.9 Å². The molecule has 2 aromatic rings. The van der Waals surface area contributed by atoms with Gasteiger partial charge in [0.1, 0.15) is 5.76 Å². The van der Waals surface area contributed by atoms with Gasteiger partial charge < -0.3 is 23.5 Å². The van der Waals surface area contributed by atoms with Crippen molar-refractivity contribution in [1.82, 2.24) is 4.90 Å². The van der Waals surface area contributed by atoms with Gasteiger partial charge in [-0.25, -0.2) is 0 Å². The highest BCUT2D eigenvalue weighted by Gasteiger charge is 2.22. The zero-order chi connectivity index (χ0) is 19.9. The molecule has 150 valence electrons. The van der Waals surface area contributed by atoms with Crippen molar-refractivity contribution in [3.8, 4) is 17.2 Å². The Kier molecular flexibility index (Phi) is 6.92. The third-order valence-corrected chi connectivity index (χ3v) is 5.91. The fourth-order valence-electron chi connectivity index (χ4n) is 3.16. The first-order valence-corrected chi connectivity index (χ1v) is 10.1. The summed E-state index contributed by atoms with van der Waals surface area (Å²) in [7, 11) is 4.70. The van der Waals surface area contributed by atoms with Crippen LogP contribution in [0.5, 0.6) is 17.2 Å². The molecule has 28 heavy (non-hydrogen) atoms. The second-order valence-corrected chi connectivity index (χ2v) is 7.59. The predicted octanol–water partition coefficient (Wildman–Crippen LogP) is 4.03. The summed E-state index contributed by atoms with van der Waals surface area (Å²) in [5.74, 6) is 3.50. The maximum Gasteiger partial charge on any atom is 0.246 e. The van der Waals surface area contributed by atoms with Gasteiger partial charge in [-0.05, 0) is 42.3 Å². The topological polar surface area (TPSA) is 61.1 Å². The van der Waals surface area contributed by atoms with Gasteiger partial charge in [-0.1, -0.05) is 0 Å². The van der Waals surface area contributed by atoms with Gasteiger partial charge >= 0.3 is 0 Å². The number of nitrogens with zero attached hydrogens (tertiary/aromatic N) is 1. The summed E-state index contributed by atoms with van der Waals surface area (Å²) in [5.41, 5.74) is 0.806. The first-order valence-electron chi connectivity index (χ1n) is 9.08. The second kappa shape index (κ2) is 9.59. The zero-order valence-electron chi connectivity index (χ0n) is 16.3. The summed E-state index contributed by atoms with van der Waals surface area (Å²) >= 11 is 1.83. The molecule has 6 nitrogen and oxygen atoms in total. The molecule has 0 bridgehead atoms. The van der Waals surface area contributed by atoms with E-state index in [4.69, 9.17) is 18.6 Å². The van der Waals surface area contributed by atoms with Crippen molar-refractivity contribution in [2.45, 2.75) is 11.7 Å². The smallest absolute Gasteiger partial charge is 0.246 e. The van der Waals surface area contributed by atoms with Crippen LogP contribution in [-0.4, -0.2) is 51.0 Å². The molecule has 0 spiro atoms. The Morgan fingerprint density at radius 2 is 1.93 bits per heavy atom. The van der Waals surface area contributed by atoms with Gasteiger partial charge in [0.15, 0.2) is 11.5 Å². The molecule has 1 amide bonds. The van der Waals surface area contributed by atoms with Crippen molar-refractivity contribution in [3.05, 3.63) is 47.9 Å². The minimum absolute atomic E-state index is 0.00514. The third kappa shape index (κ3) is 4.65. The molecule has 1 atom stereocenters. The fourth-order valence-corrected chi connectivity index (χ4v) is 4.34. The van der Waals surface area contributed by atoms with Crippen LogP contribution in [0.15, 0.2) is 41.0 Å². The van der Waals surface area contributed by atoms with Crippen LogP contribution >= 0.6 is 11.8 Å². The number of hydrogen-bond acceptors (Lipinski definition) is 6. The Hall–Kier alpha value is -2.54. The summed E-state index contributed by atoms with van der Waals surface area (Å²) in [6.07, 6.45) is 5.94. The lowest BCUT2D eigenvalue weighted by molar-refractivity contribution is -0.125. The first-order chi connectivity index (χ1) is 13.7. The van der Waals surface area contributed by atoms with E-state index in [0.717, 1.165) is 30.0 Å². The Bertz CT molecular complexity index is 793. The molecule has 1 aliphatic heterocycles. The number of benzene rings is 1. The molecule has 1 aliphatic rings. The van der Waals surface area contributed by atoms with E-state index in [1.54, 1.807) is 39.7 Å².